The van der Waals surface area contributed by atoms with Crippen molar-refractivity contribution in [1.29, 1.82) is 0 Å². The lowest BCUT2D eigenvalue weighted by molar-refractivity contribution is 0.0649. The van der Waals surface area contributed by atoms with Gasteiger partial charge in [0.15, 0.2) is 5.69 Å². The Morgan fingerprint density at radius 1 is 1.39 bits per heavy atom. The molecule has 1 amide bonds. The molecular weight excluding hydrogens is 240 g/mol. The van der Waals surface area contributed by atoms with Crippen molar-refractivity contribution < 1.29 is 24.3 Å². The van der Waals surface area contributed by atoms with Crippen molar-refractivity contribution >= 4 is 11.9 Å². The average Bonchev–Trinajstić information content (AvgIpc) is 2.83. The molecule has 0 aliphatic heterocycles. The number of carbonyl (C=O) groups is 2. The lowest BCUT2D eigenvalue weighted by Gasteiger charge is -2.14. The average molecular weight is 256 g/mol. The maximum atomic E-state index is 11.8. The van der Waals surface area contributed by atoms with Crippen LogP contribution in [0.15, 0.2) is 10.6 Å². The van der Waals surface area contributed by atoms with E-state index < -0.39 is 5.97 Å². The molecule has 1 aromatic rings. The normalized spacial score (nSPS) is 10.3. The summed E-state index contributed by atoms with van der Waals surface area (Å²) in [5.74, 6) is -1.99. The fraction of sp³-hybridized carbons (Fsp3) is 0.545. The van der Waals surface area contributed by atoms with Gasteiger partial charge < -0.3 is 19.6 Å². The minimum atomic E-state index is -1.26. The van der Waals surface area contributed by atoms with E-state index in [2.05, 4.69) is 9.68 Å². The first-order chi connectivity index (χ1) is 8.56. The molecule has 0 atom stereocenters. The minimum absolute atomic E-state index is 0.0166. The van der Waals surface area contributed by atoms with Gasteiger partial charge in [-0.1, -0.05) is 5.16 Å². The molecule has 1 rings (SSSR count). The highest BCUT2D eigenvalue weighted by atomic mass is 16.5. The molecule has 0 spiro atoms. The molecular formula is C11H16N2O5. The molecule has 18 heavy (non-hydrogen) atoms. The summed E-state index contributed by atoms with van der Waals surface area (Å²) in [5, 5.41) is 20.7. The summed E-state index contributed by atoms with van der Waals surface area (Å²) < 4.78 is 4.51. The number of rotatable bonds is 7. The zero-order valence-electron chi connectivity index (χ0n) is 10.1. The number of aromatic nitrogens is 1. The second kappa shape index (κ2) is 6.75. The number of carboxylic acids is 1. The molecule has 0 saturated carbocycles. The first kappa shape index (κ1) is 14.2. The fourth-order valence-corrected chi connectivity index (χ4v) is 1.41. The fourth-order valence-electron chi connectivity index (χ4n) is 1.41. The lowest BCUT2D eigenvalue weighted by Crippen LogP contribution is -2.28. The molecule has 0 fully saturated rings. The van der Waals surface area contributed by atoms with Crippen molar-refractivity contribution in [2.75, 3.05) is 20.2 Å². The van der Waals surface area contributed by atoms with E-state index in [1.807, 2.05) is 0 Å². The smallest absolute Gasteiger partial charge is 0.374 e. The number of hydrogen-bond acceptors (Lipinski definition) is 5. The maximum absolute atomic E-state index is 11.8. The summed E-state index contributed by atoms with van der Waals surface area (Å²) in [4.78, 5) is 23.8. The molecule has 2 N–H and O–H groups in total. The van der Waals surface area contributed by atoms with Gasteiger partial charge in [0, 0.05) is 26.3 Å². The molecule has 0 radical (unpaired) electrons. The van der Waals surface area contributed by atoms with Gasteiger partial charge in [0.2, 0.25) is 5.76 Å². The predicted octanol–water partition coefficient (Wildman–Crippen LogP) is 0.607. The molecule has 0 aliphatic carbocycles. The topological polar surface area (TPSA) is 104 Å². The zero-order valence-corrected chi connectivity index (χ0v) is 10.1. The molecule has 1 aromatic heterocycles. The molecule has 0 aromatic carbocycles. The highest BCUT2D eigenvalue weighted by molar-refractivity contribution is 5.94. The number of carbonyl (C=O) groups excluding carboxylic acids is 1. The third kappa shape index (κ3) is 3.85. The summed E-state index contributed by atoms with van der Waals surface area (Å²) in [6.45, 7) is 0.664. The molecule has 0 saturated heterocycles. The highest BCUT2D eigenvalue weighted by Gasteiger charge is 2.19. The number of carboxylic acid groups (broad SMARTS) is 1. The van der Waals surface area contributed by atoms with Gasteiger partial charge in [-0.3, -0.25) is 4.79 Å². The van der Waals surface area contributed by atoms with E-state index >= 15 is 0 Å². The second-order valence-corrected chi connectivity index (χ2v) is 3.89. The Morgan fingerprint density at radius 3 is 2.67 bits per heavy atom. The van der Waals surface area contributed by atoms with Gasteiger partial charge >= 0.3 is 5.97 Å². The number of hydrogen-bond donors (Lipinski definition) is 2. The van der Waals surface area contributed by atoms with Crippen LogP contribution in [0.5, 0.6) is 0 Å². The monoisotopic (exact) mass is 256 g/mol. The van der Waals surface area contributed by atoms with Crippen LogP contribution >= 0.6 is 0 Å². The van der Waals surface area contributed by atoms with E-state index in [0.29, 0.717) is 13.0 Å². The van der Waals surface area contributed by atoms with Crippen molar-refractivity contribution in [1.82, 2.24) is 10.1 Å². The van der Waals surface area contributed by atoms with Crippen LogP contribution in [0.4, 0.5) is 0 Å². The van der Waals surface area contributed by atoms with Gasteiger partial charge in [0.1, 0.15) is 0 Å². The summed E-state index contributed by atoms with van der Waals surface area (Å²) in [6, 6.07) is 1.11. The lowest BCUT2D eigenvalue weighted by atomic mass is 10.2. The van der Waals surface area contributed by atoms with Crippen LogP contribution in [-0.4, -0.2) is 52.3 Å². The van der Waals surface area contributed by atoms with Crippen LogP contribution in [0.2, 0.25) is 0 Å². The quantitative estimate of drug-likeness (QED) is 0.692. The molecule has 7 nitrogen and oxygen atoms in total. The van der Waals surface area contributed by atoms with Crippen molar-refractivity contribution in [3.8, 4) is 0 Å². The number of unbranched alkanes of at least 4 members (excludes halogenated alkanes) is 2. The number of aliphatic hydroxyl groups is 1. The van der Waals surface area contributed by atoms with Gasteiger partial charge in [-0.15, -0.1) is 0 Å². The van der Waals surface area contributed by atoms with E-state index in [1.165, 1.54) is 4.90 Å². The van der Waals surface area contributed by atoms with Crippen LogP contribution in [0.25, 0.3) is 0 Å². The number of aliphatic hydroxyl groups excluding tert-OH is 1. The number of nitrogens with zero attached hydrogens (tertiary/aromatic N) is 2. The molecule has 1 heterocycles. The van der Waals surface area contributed by atoms with Crippen molar-refractivity contribution in [2.45, 2.75) is 19.3 Å². The van der Waals surface area contributed by atoms with Crippen LogP contribution < -0.4 is 0 Å². The van der Waals surface area contributed by atoms with Crippen molar-refractivity contribution in [3.63, 3.8) is 0 Å². The van der Waals surface area contributed by atoms with E-state index in [1.54, 1.807) is 7.05 Å². The Labute approximate surface area is 104 Å². The number of amides is 1. The van der Waals surface area contributed by atoms with E-state index in [4.69, 9.17) is 10.2 Å². The Morgan fingerprint density at radius 2 is 2.11 bits per heavy atom. The Balaban J connectivity index is 2.49. The van der Waals surface area contributed by atoms with Crippen LogP contribution in [0.1, 0.15) is 40.3 Å². The van der Waals surface area contributed by atoms with Gasteiger partial charge in [-0.05, 0) is 19.3 Å². The zero-order chi connectivity index (χ0) is 13.5. The molecule has 0 aliphatic rings. The highest BCUT2D eigenvalue weighted by Crippen LogP contribution is 2.07. The summed E-state index contributed by atoms with van der Waals surface area (Å²) >= 11 is 0. The maximum Gasteiger partial charge on any atom is 0.374 e. The first-order valence-corrected chi connectivity index (χ1v) is 5.62. The standard InChI is InChI=1S/C11H16N2O5/c1-13(5-3-2-4-6-14)10(15)8-7-9(11(16)17)18-12-8/h7,14H,2-6H2,1H3,(H,16,17). The van der Waals surface area contributed by atoms with Gasteiger partial charge in [0.25, 0.3) is 5.91 Å². The summed E-state index contributed by atoms with van der Waals surface area (Å²) in [5.41, 5.74) is -0.0166. The van der Waals surface area contributed by atoms with E-state index in [9.17, 15) is 9.59 Å². The van der Waals surface area contributed by atoms with Crippen LogP contribution in [-0.2, 0) is 0 Å². The van der Waals surface area contributed by atoms with Gasteiger partial charge in [0.05, 0.1) is 0 Å². The first-order valence-electron chi connectivity index (χ1n) is 5.62. The Bertz CT molecular complexity index is 415. The number of aromatic carboxylic acids is 1. The molecule has 7 heteroatoms. The SMILES string of the molecule is CN(CCCCCO)C(=O)c1cc(C(=O)O)on1. The molecule has 0 unspecified atom stereocenters. The minimum Gasteiger partial charge on any atom is -0.475 e. The summed E-state index contributed by atoms with van der Waals surface area (Å²) in [7, 11) is 1.61. The molecule has 0 bridgehead atoms. The third-order valence-corrected chi connectivity index (χ3v) is 2.44. The predicted molar refractivity (Wildman–Crippen MR) is 61.4 cm³/mol. The Hall–Kier alpha value is -1.89. The van der Waals surface area contributed by atoms with Crippen molar-refractivity contribution in [3.05, 3.63) is 17.5 Å². The van der Waals surface area contributed by atoms with E-state index in [0.717, 1.165) is 18.9 Å². The second-order valence-electron chi connectivity index (χ2n) is 3.89. The van der Waals surface area contributed by atoms with Crippen LogP contribution in [0.3, 0.4) is 0 Å². The largest absolute Gasteiger partial charge is 0.475 e. The van der Waals surface area contributed by atoms with Gasteiger partial charge in [-0.2, -0.15) is 0 Å². The molecule has 100 valence electrons. The summed E-state index contributed by atoms with van der Waals surface area (Å²) in [6.07, 6.45) is 2.30. The van der Waals surface area contributed by atoms with Gasteiger partial charge in [-0.25, -0.2) is 4.79 Å². The van der Waals surface area contributed by atoms with E-state index in [-0.39, 0.29) is 24.0 Å². The van der Waals surface area contributed by atoms with Crippen LogP contribution in [0, 0.1) is 0 Å². The van der Waals surface area contributed by atoms with Crippen molar-refractivity contribution in [2.24, 2.45) is 0 Å². The third-order valence-electron chi connectivity index (χ3n) is 2.44. The Kier molecular flexibility index (Phi) is 5.31.